The zero-order chi connectivity index (χ0) is 11.2. The number of hydroxylamine groups is 2. The minimum atomic E-state index is -4.62. The zero-order valence-electron chi connectivity index (χ0n) is 8.16. The van der Waals surface area contributed by atoms with Crippen LogP contribution < -0.4 is 0 Å². The van der Waals surface area contributed by atoms with Crippen LogP contribution >= 0.6 is 0 Å². The lowest BCUT2D eigenvalue weighted by atomic mass is 10.0. The minimum Gasteiger partial charge on any atom is -0.318 e. The second kappa shape index (κ2) is 3.32. The van der Waals surface area contributed by atoms with Gasteiger partial charge in [0.1, 0.15) is 0 Å². The lowest BCUT2D eigenvalue weighted by Gasteiger charge is -2.26. The summed E-state index contributed by atoms with van der Waals surface area (Å²) in [4.78, 5) is 13.2. The Balaban J connectivity index is 2.18. The van der Waals surface area contributed by atoms with Gasteiger partial charge in [0.2, 0.25) is 0 Å². The van der Waals surface area contributed by atoms with Crippen molar-refractivity contribution < 1.29 is 22.0 Å². The van der Waals surface area contributed by atoms with Crippen LogP contribution in [0.4, 0.5) is 4.79 Å². The molecule has 0 spiro atoms. The van der Waals surface area contributed by atoms with E-state index in [1.165, 1.54) is 0 Å². The molecule has 2 fully saturated rings. The summed E-state index contributed by atoms with van der Waals surface area (Å²) in [5.41, 5.74) is 0. The predicted molar refractivity (Wildman–Crippen MR) is 49.1 cm³/mol. The van der Waals surface area contributed by atoms with Gasteiger partial charge in [0.05, 0.1) is 6.04 Å². The number of fused-ring (bicyclic) bond motifs is 2. The standard InChI is InChI=1S/C7H12N2O5S/c1-5-2-3-6-4-8(5)7(10)9(6)14-15(11,12)13/h5-6H,2-4H2,1H3,(H,11,12,13)/t5-,6?/m1/s1. The molecule has 0 aromatic heterocycles. The van der Waals surface area contributed by atoms with Gasteiger partial charge in [0.25, 0.3) is 0 Å². The quantitative estimate of drug-likeness (QED) is 0.682. The molecule has 2 amide bonds. The molecule has 0 aromatic rings. The first kappa shape index (κ1) is 10.7. The topological polar surface area (TPSA) is 87.2 Å². The highest BCUT2D eigenvalue weighted by Crippen LogP contribution is 2.30. The monoisotopic (exact) mass is 236 g/mol. The molecule has 1 N–H and O–H groups in total. The van der Waals surface area contributed by atoms with Gasteiger partial charge in [-0.2, -0.15) is 13.5 Å². The molecule has 0 saturated carbocycles. The second-order valence-electron chi connectivity index (χ2n) is 3.84. The number of hydrogen-bond acceptors (Lipinski definition) is 4. The number of amides is 2. The van der Waals surface area contributed by atoms with E-state index in [-0.39, 0.29) is 12.1 Å². The fraction of sp³-hybridized carbons (Fsp3) is 0.857. The number of piperidine rings is 1. The van der Waals surface area contributed by atoms with E-state index in [2.05, 4.69) is 4.28 Å². The van der Waals surface area contributed by atoms with Crippen LogP contribution in [0.2, 0.25) is 0 Å². The largest absolute Gasteiger partial charge is 0.418 e. The summed E-state index contributed by atoms with van der Waals surface area (Å²) in [6.07, 6.45) is 1.49. The highest BCUT2D eigenvalue weighted by atomic mass is 32.3. The number of hydrogen-bond donors (Lipinski definition) is 1. The van der Waals surface area contributed by atoms with Crippen LogP contribution in [0.1, 0.15) is 19.8 Å². The second-order valence-corrected chi connectivity index (χ2v) is 4.85. The van der Waals surface area contributed by atoms with E-state index in [9.17, 15) is 13.2 Å². The minimum absolute atomic E-state index is 0.0868. The number of carbonyl (C=O) groups excluding carboxylic acids is 1. The maximum absolute atomic E-state index is 11.6. The van der Waals surface area contributed by atoms with Crippen molar-refractivity contribution in [3.63, 3.8) is 0 Å². The highest BCUT2D eigenvalue weighted by molar-refractivity contribution is 7.80. The fourth-order valence-electron chi connectivity index (χ4n) is 2.02. The first-order valence-electron chi connectivity index (χ1n) is 4.65. The molecular formula is C7H12N2O5S. The maximum Gasteiger partial charge on any atom is 0.418 e. The van der Waals surface area contributed by atoms with Crippen LogP contribution in [0.3, 0.4) is 0 Å². The predicted octanol–water partition coefficient (Wildman–Crippen LogP) is 0.00930. The van der Waals surface area contributed by atoms with Crippen LogP contribution in [0.15, 0.2) is 0 Å². The normalized spacial score (nSPS) is 31.2. The average Bonchev–Trinajstić information content (AvgIpc) is 2.35. The lowest BCUT2D eigenvalue weighted by Crippen LogP contribution is -2.37. The molecule has 2 bridgehead atoms. The Morgan fingerprint density at radius 2 is 2.13 bits per heavy atom. The van der Waals surface area contributed by atoms with Crippen molar-refractivity contribution in [3.8, 4) is 0 Å². The molecule has 8 heteroatoms. The SMILES string of the molecule is C[C@@H]1CCC2CN1C(=O)N2OS(=O)(=O)O. The first-order valence-corrected chi connectivity index (χ1v) is 6.02. The number of carbonyl (C=O) groups is 1. The molecule has 2 rings (SSSR count). The van der Waals surface area contributed by atoms with Crippen molar-refractivity contribution >= 4 is 16.4 Å². The van der Waals surface area contributed by atoms with Gasteiger partial charge < -0.3 is 4.90 Å². The van der Waals surface area contributed by atoms with Crippen molar-refractivity contribution in [3.05, 3.63) is 0 Å². The average molecular weight is 236 g/mol. The van der Waals surface area contributed by atoms with Crippen LogP contribution in [0, 0.1) is 0 Å². The molecule has 86 valence electrons. The maximum atomic E-state index is 11.6. The van der Waals surface area contributed by atoms with Crippen LogP contribution in [-0.4, -0.2) is 47.6 Å². The van der Waals surface area contributed by atoms with Crippen molar-refractivity contribution in [2.75, 3.05) is 6.54 Å². The Labute approximate surface area is 87.5 Å². The summed E-state index contributed by atoms with van der Waals surface area (Å²) < 4.78 is 33.8. The number of nitrogens with zero attached hydrogens (tertiary/aromatic N) is 2. The number of urea groups is 1. The Bertz CT molecular complexity index is 381. The molecule has 0 radical (unpaired) electrons. The first-order chi connectivity index (χ1) is 6.88. The van der Waals surface area contributed by atoms with Crippen molar-refractivity contribution in [1.29, 1.82) is 0 Å². The molecule has 2 saturated heterocycles. The van der Waals surface area contributed by atoms with E-state index in [4.69, 9.17) is 4.55 Å². The van der Waals surface area contributed by atoms with Crippen molar-refractivity contribution in [2.24, 2.45) is 0 Å². The smallest absolute Gasteiger partial charge is 0.318 e. The van der Waals surface area contributed by atoms with E-state index in [1.807, 2.05) is 6.92 Å². The Morgan fingerprint density at radius 1 is 1.47 bits per heavy atom. The number of rotatable bonds is 2. The summed E-state index contributed by atoms with van der Waals surface area (Å²) in [5.74, 6) is 0. The summed E-state index contributed by atoms with van der Waals surface area (Å²) in [7, 11) is -4.62. The molecule has 2 aliphatic rings. The summed E-state index contributed by atoms with van der Waals surface area (Å²) >= 11 is 0. The van der Waals surface area contributed by atoms with Crippen LogP contribution in [0.25, 0.3) is 0 Å². The Kier molecular flexibility index (Phi) is 2.36. The van der Waals surface area contributed by atoms with Gasteiger partial charge in [-0.15, -0.1) is 4.28 Å². The summed E-state index contributed by atoms with van der Waals surface area (Å²) in [5, 5.41) is 0.749. The fourth-order valence-corrected chi connectivity index (χ4v) is 2.41. The van der Waals surface area contributed by atoms with E-state index in [1.54, 1.807) is 4.90 Å². The van der Waals surface area contributed by atoms with Gasteiger partial charge in [-0.25, -0.2) is 4.79 Å². The van der Waals surface area contributed by atoms with Crippen LogP contribution in [0.5, 0.6) is 0 Å². The molecular weight excluding hydrogens is 224 g/mol. The van der Waals surface area contributed by atoms with E-state index < -0.39 is 16.4 Å². The van der Waals surface area contributed by atoms with E-state index >= 15 is 0 Å². The summed E-state index contributed by atoms with van der Waals surface area (Å²) in [6.45, 7) is 2.35. The Hall–Kier alpha value is -0.860. The van der Waals surface area contributed by atoms with Crippen molar-refractivity contribution in [2.45, 2.75) is 31.8 Å². The van der Waals surface area contributed by atoms with Crippen LogP contribution in [-0.2, 0) is 14.7 Å². The third-order valence-corrected chi connectivity index (χ3v) is 3.15. The zero-order valence-corrected chi connectivity index (χ0v) is 8.98. The molecule has 2 heterocycles. The van der Waals surface area contributed by atoms with E-state index in [0.29, 0.717) is 13.0 Å². The third-order valence-electron chi connectivity index (χ3n) is 2.80. The summed E-state index contributed by atoms with van der Waals surface area (Å²) in [6, 6.07) is -0.693. The van der Waals surface area contributed by atoms with Gasteiger partial charge in [-0.05, 0) is 19.8 Å². The molecule has 0 aromatic carbocycles. The van der Waals surface area contributed by atoms with Gasteiger partial charge in [0, 0.05) is 12.6 Å². The molecule has 15 heavy (non-hydrogen) atoms. The van der Waals surface area contributed by atoms with Gasteiger partial charge >= 0.3 is 16.4 Å². The van der Waals surface area contributed by atoms with Crippen molar-refractivity contribution in [1.82, 2.24) is 9.96 Å². The molecule has 2 atom stereocenters. The molecule has 0 aliphatic carbocycles. The molecule has 1 unspecified atom stereocenters. The Morgan fingerprint density at radius 3 is 2.67 bits per heavy atom. The molecule has 7 nitrogen and oxygen atoms in total. The highest BCUT2D eigenvalue weighted by Gasteiger charge is 2.45. The van der Waals surface area contributed by atoms with Gasteiger partial charge in [-0.3, -0.25) is 4.55 Å². The molecule has 2 aliphatic heterocycles. The van der Waals surface area contributed by atoms with Gasteiger partial charge in [0.15, 0.2) is 0 Å². The van der Waals surface area contributed by atoms with Gasteiger partial charge in [-0.1, -0.05) is 0 Å². The lowest BCUT2D eigenvalue weighted by molar-refractivity contribution is -0.0317. The van der Waals surface area contributed by atoms with E-state index in [0.717, 1.165) is 11.5 Å². The third kappa shape index (κ3) is 1.92.